The van der Waals surface area contributed by atoms with Gasteiger partial charge in [-0.1, -0.05) is 11.6 Å². The van der Waals surface area contributed by atoms with Crippen molar-refractivity contribution in [1.82, 2.24) is 15.4 Å². The highest BCUT2D eigenvalue weighted by atomic mass is 16.5. The third kappa shape index (κ3) is 1.65. The maximum absolute atomic E-state index is 12.3. The van der Waals surface area contributed by atoms with Crippen LogP contribution in [0.2, 0.25) is 0 Å². The zero-order valence-electron chi connectivity index (χ0n) is 10.4. The summed E-state index contributed by atoms with van der Waals surface area (Å²) >= 11 is 0. The molecular formula is C12H13N3O4. The first-order valence-corrected chi connectivity index (χ1v) is 6.12. The van der Waals surface area contributed by atoms with Crippen LogP contribution in [0.25, 0.3) is 0 Å². The van der Waals surface area contributed by atoms with Crippen LogP contribution in [-0.4, -0.2) is 27.9 Å². The average Bonchev–Trinajstić information content (AvgIpc) is 2.68. The summed E-state index contributed by atoms with van der Waals surface area (Å²) in [6.45, 7) is 1.75. The molecule has 4 amide bonds. The van der Waals surface area contributed by atoms with E-state index < -0.39 is 23.3 Å². The van der Waals surface area contributed by atoms with E-state index >= 15 is 0 Å². The van der Waals surface area contributed by atoms with Crippen LogP contribution in [0.15, 0.2) is 10.6 Å². The molecule has 3 rings (SSSR count). The molecule has 1 N–H and O–H groups in total. The Balaban J connectivity index is 1.85. The van der Waals surface area contributed by atoms with E-state index in [9.17, 15) is 14.4 Å². The predicted octanol–water partition coefficient (Wildman–Crippen LogP) is 0.732. The van der Waals surface area contributed by atoms with Gasteiger partial charge in [-0.3, -0.25) is 19.8 Å². The van der Waals surface area contributed by atoms with Crippen molar-refractivity contribution >= 4 is 17.8 Å². The lowest BCUT2D eigenvalue weighted by Crippen LogP contribution is -2.65. The van der Waals surface area contributed by atoms with Gasteiger partial charge in [-0.25, -0.2) is 4.79 Å². The van der Waals surface area contributed by atoms with Crippen LogP contribution >= 0.6 is 0 Å². The number of imide groups is 2. The minimum absolute atomic E-state index is 0.000532. The Kier molecular flexibility index (Phi) is 2.44. The molecule has 7 heteroatoms. The molecule has 0 radical (unpaired) electrons. The molecule has 7 nitrogen and oxygen atoms in total. The Morgan fingerprint density at radius 3 is 2.68 bits per heavy atom. The van der Waals surface area contributed by atoms with Crippen molar-refractivity contribution in [3.8, 4) is 0 Å². The highest BCUT2D eigenvalue weighted by Gasteiger charge is 2.57. The van der Waals surface area contributed by atoms with Crippen molar-refractivity contribution in [3.05, 3.63) is 17.5 Å². The van der Waals surface area contributed by atoms with Gasteiger partial charge < -0.3 is 4.52 Å². The second kappa shape index (κ2) is 3.91. The van der Waals surface area contributed by atoms with Crippen LogP contribution < -0.4 is 5.32 Å². The fraction of sp³-hybridized carbons (Fsp3) is 0.500. The van der Waals surface area contributed by atoms with Gasteiger partial charge in [0.1, 0.15) is 5.41 Å². The van der Waals surface area contributed by atoms with E-state index in [1.165, 1.54) is 0 Å². The van der Waals surface area contributed by atoms with Gasteiger partial charge in [0.25, 0.3) is 0 Å². The number of aryl methyl sites for hydroxylation is 1. The number of hydrogen-bond donors (Lipinski definition) is 1. The number of amides is 4. The first-order valence-electron chi connectivity index (χ1n) is 6.12. The Hall–Kier alpha value is -2.18. The average molecular weight is 263 g/mol. The molecule has 1 saturated heterocycles. The maximum atomic E-state index is 12.3. The molecule has 19 heavy (non-hydrogen) atoms. The van der Waals surface area contributed by atoms with Gasteiger partial charge in [-0.15, -0.1) is 0 Å². The summed E-state index contributed by atoms with van der Waals surface area (Å²) in [6.07, 6.45) is 1.82. The van der Waals surface area contributed by atoms with Crippen molar-refractivity contribution < 1.29 is 18.9 Å². The molecule has 1 aliphatic carbocycles. The molecule has 1 aliphatic heterocycles. The van der Waals surface area contributed by atoms with E-state index in [0.29, 0.717) is 24.3 Å². The maximum Gasteiger partial charge on any atom is 0.331 e. The Morgan fingerprint density at radius 2 is 2.16 bits per heavy atom. The summed E-state index contributed by atoms with van der Waals surface area (Å²) in [5.74, 6) is -0.481. The SMILES string of the molecule is Cc1cc(CN2C(=O)NC(=O)C3(CCC3)C2=O)on1. The minimum Gasteiger partial charge on any atom is -0.359 e. The Bertz CT molecular complexity index is 573. The van der Waals surface area contributed by atoms with Gasteiger partial charge in [0.15, 0.2) is 5.76 Å². The second-order valence-electron chi connectivity index (χ2n) is 5.02. The van der Waals surface area contributed by atoms with Crippen LogP contribution in [-0.2, 0) is 16.1 Å². The number of aromatic nitrogens is 1. The van der Waals surface area contributed by atoms with Crippen LogP contribution in [0.5, 0.6) is 0 Å². The smallest absolute Gasteiger partial charge is 0.331 e. The molecule has 1 saturated carbocycles. The number of nitrogens with zero attached hydrogens (tertiary/aromatic N) is 2. The first kappa shape index (κ1) is 11.9. The van der Waals surface area contributed by atoms with E-state index in [4.69, 9.17) is 4.52 Å². The fourth-order valence-corrected chi connectivity index (χ4v) is 2.49. The van der Waals surface area contributed by atoms with Gasteiger partial charge in [-0.2, -0.15) is 0 Å². The van der Waals surface area contributed by atoms with Gasteiger partial charge in [-0.05, 0) is 19.8 Å². The van der Waals surface area contributed by atoms with Gasteiger partial charge >= 0.3 is 6.03 Å². The third-order valence-electron chi connectivity index (χ3n) is 3.75. The topological polar surface area (TPSA) is 92.5 Å². The number of rotatable bonds is 2. The van der Waals surface area contributed by atoms with E-state index in [-0.39, 0.29) is 6.54 Å². The molecule has 0 bridgehead atoms. The van der Waals surface area contributed by atoms with E-state index in [0.717, 1.165) is 11.3 Å². The Labute approximate surface area is 108 Å². The lowest BCUT2D eigenvalue weighted by molar-refractivity contribution is -0.158. The third-order valence-corrected chi connectivity index (χ3v) is 3.75. The van der Waals surface area contributed by atoms with Gasteiger partial charge in [0.05, 0.1) is 12.2 Å². The molecule has 1 aromatic heterocycles. The molecular weight excluding hydrogens is 250 g/mol. The number of nitrogens with one attached hydrogen (secondary N) is 1. The quantitative estimate of drug-likeness (QED) is 0.794. The summed E-state index contributed by atoms with van der Waals surface area (Å²) in [4.78, 5) is 36.9. The van der Waals surface area contributed by atoms with E-state index in [1.807, 2.05) is 0 Å². The number of urea groups is 1. The molecule has 0 aromatic carbocycles. The monoisotopic (exact) mass is 263 g/mol. The minimum atomic E-state index is -1.04. The molecule has 2 aliphatic rings. The van der Waals surface area contributed by atoms with Crippen LogP contribution in [0, 0.1) is 12.3 Å². The van der Waals surface area contributed by atoms with Crippen LogP contribution in [0.4, 0.5) is 4.79 Å². The molecule has 0 atom stereocenters. The lowest BCUT2D eigenvalue weighted by Gasteiger charge is -2.44. The van der Waals surface area contributed by atoms with Gasteiger partial charge in [0.2, 0.25) is 11.8 Å². The van der Waals surface area contributed by atoms with Crippen LogP contribution in [0.1, 0.15) is 30.7 Å². The zero-order chi connectivity index (χ0) is 13.6. The van der Waals surface area contributed by atoms with Gasteiger partial charge in [0, 0.05) is 6.07 Å². The number of carbonyl (C=O) groups is 3. The highest BCUT2D eigenvalue weighted by molar-refractivity contribution is 6.19. The standard InChI is InChI=1S/C12H13N3O4/c1-7-5-8(19-14-7)6-15-10(17)12(3-2-4-12)9(16)13-11(15)18/h5H,2-4,6H2,1H3,(H,13,16,18). The van der Waals surface area contributed by atoms with Crippen LogP contribution in [0.3, 0.4) is 0 Å². The van der Waals surface area contributed by atoms with Crippen molar-refractivity contribution in [2.45, 2.75) is 32.7 Å². The molecule has 1 spiro atoms. The largest absolute Gasteiger partial charge is 0.359 e. The number of hydrogen-bond acceptors (Lipinski definition) is 5. The number of barbiturate groups is 1. The normalized spacial score (nSPS) is 21.5. The van der Waals surface area contributed by atoms with E-state index in [1.54, 1.807) is 13.0 Å². The predicted molar refractivity (Wildman–Crippen MR) is 61.6 cm³/mol. The summed E-state index contributed by atoms with van der Waals surface area (Å²) in [6, 6.07) is 0.964. The zero-order valence-corrected chi connectivity index (χ0v) is 10.4. The summed E-state index contributed by atoms with van der Waals surface area (Å²) in [5, 5.41) is 5.95. The van der Waals surface area contributed by atoms with E-state index in [2.05, 4.69) is 10.5 Å². The highest BCUT2D eigenvalue weighted by Crippen LogP contribution is 2.44. The molecule has 0 unspecified atom stereocenters. The van der Waals surface area contributed by atoms with Crippen molar-refractivity contribution in [3.63, 3.8) is 0 Å². The lowest BCUT2D eigenvalue weighted by atomic mass is 9.66. The number of carbonyl (C=O) groups excluding carboxylic acids is 3. The Morgan fingerprint density at radius 1 is 1.42 bits per heavy atom. The molecule has 100 valence electrons. The fourth-order valence-electron chi connectivity index (χ4n) is 2.49. The molecule has 2 heterocycles. The second-order valence-corrected chi connectivity index (χ2v) is 5.02. The summed E-state index contributed by atoms with van der Waals surface area (Å²) < 4.78 is 5.00. The van der Waals surface area contributed by atoms with Crippen molar-refractivity contribution in [2.24, 2.45) is 5.41 Å². The molecule has 1 aromatic rings. The summed E-state index contributed by atoms with van der Waals surface area (Å²) in [5.41, 5.74) is -0.363. The van der Waals surface area contributed by atoms with Crippen molar-refractivity contribution in [1.29, 1.82) is 0 Å². The van der Waals surface area contributed by atoms with Crippen molar-refractivity contribution in [2.75, 3.05) is 0 Å². The summed E-state index contributed by atoms with van der Waals surface area (Å²) in [7, 11) is 0. The molecule has 2 fully saturated rings. The first-order chi connectivity index (χ1) is 9.03.